The highest BCUT2D eigenvalue weighted by molar-refractivity contribution is 7.17. The molecule has 148 valence electrons. The van der Waals surface area contributed by atoms with Crippen molar-refractivity contribution in [1.29, 1.82) is 0 Å². The molecule has 0 aliphatic carbocycles. The van der Waals surface area contributed by atoms with Gasteiger partial charge in [-0.25, -0.2) is 0 Å². The van der Waals surface area contributed by atoms with Gasteiger partial charge >= 0.3 is 0 Å². The summed E-state index contributed by atoms with van der Waals surface area (Å²) in [5, 5.41) is 7.16. The molecule has 2 heteroatoms. The van der Waals surface area contributed by atoms with Gasteiger partial charge in [0.15, 0.2) is 0 Å². The molecule has 0 saturated carbocycles. The molecular weight excluding hydrogens is 370 g/mol. The predicted octanol–water partition coefficient (Wildman–Crippen LogP) is 8.27. The zero-order chi connectivity index (χ0) is 20.6. The van der Waals surface area contributed by atoms with Crippen molar-refractivity contribution in [2.45, 2.75) is 45.4 Å². The van der Waals surface area contributed by atoms with Crippen LogP contribution < -0.4 is 5.32 Å². The van der Waals surface area contributed by atoms with Crippen molar-refractivity contribution < 1.29 is 0 Å². The van der Waals surface area contributed by atoms with Crippen LogP contribution in [-0.4, -0.2) is 0 Å². The monoisotopic (exact) mass is 399 g/mol. The van der Waals surface area contributed by atoms with Gasteiger partial charge in [-0.05, 0) is 46.4 Å². The number of benzene rings is 3. The first-order valence-corrected chi connectivity index (χ1v) is 11.1. The van der Waals surface area contributed by atoms with Gasteiger partial charge in [0.05, 0.1) is 5.69 Å². The highest BCUT2D eigenvalue weighted by Gasteiger charge is 2.22. The van der Waals surface area contributed by atoms with Crippen LogP contribution in [0.3, 0.4) is 0 Å². The third-order valence-electron chi connectivity index (χ3n) is 5.82. The summed E-state index contributed by atoms with van der Waals surface area (Å²) in [6.45, 7) is 11.4. The third kappa shape index (κ3) is 3.95. The second kappa shape index (κ2) is 7.35. The van der Waals surface area contributed by atoms with E-state index in [1.54, 1.807) is 11.3 Å². The molecule has 0 unspecified atom stereocenters. The summed E-state index contributed by atoms with van der Waals surface area (Å²) >= 11 is 1.79. The number of rotatable bonds is 4. The largest absolute Gasteiger partial charge is 0.354 e. The molecule has 0 fully saturated rings. The van der Waals surface area contributed by atoms with Gasteiger partial charge in [0.2, 0.25) is 0 Å². The molecule has 4 aromatic rings. The summed E-state index contributed by atoms with van der Waals surface area (Å²) in [7, 11) is 0. The Balaban J connectivity index is 1.61. The minimum atomic E-state index is -0.0174. The van der Waals surface area contributed by atoms with Gasteiger partial charge in [-0.3, -0.25) is 0 Å². The average molecular weight is 400 g/mol. The van der Waals surface area contributed by atoms with Crippen molar-refractivity contribution in [3.05, 3.63) is 94.9 Å². The maximum absolute atomic E-state index is 3.63. The summed E-state index contributed by atoms with van der Waals surface area (Å²) < 4.78 is 1.32. The van der Waals surface area contributed by atoms with Crippen LogP contribution in [0.25, 0.3) is 10.1 Å². The summed E-state index contributed by atoms with van der Waals surface area (Å²) in [6.07, 6.45) is 0. The molecule has 29 heavy (non-hydrogen) atoms. The van der Waals surface area contributed by atoms with E-state index in [0.717, 1.165) is 5.69 Å². The highest BCUT2D eigenvalue weighted by atomic mass is 32.1. The van der Waals surface area contributed by atoms with E-state index in [-0.39, 0.29) is 10.8 Å². The quantitative estimate of drug-likeness (QED) is 0.364. The number of thiophene rings is 1. The van der Waals surface area contributed by atoms with Crippen LogP contribution in [0.4, 0.5) is 11.4 Å². The Hall–Kier alpha value is -2.58. The average Bonchev–Trinajstić information content (AvgIpc) is 3.10. The molecule has 0 amide bonds. The number of hydrogen-bond acceptors (Lipinski definition) is 2. The van der Waals surface area contributed by atoms with Crippen molar-refractivity contribution in [2.24, 2.45) is 0 Å². The van der Waals surface area contributed by atoms with E-state index >= 15 is 0 Å². The fourth-order valence-corrected chi connectivity index (χ4v) is 4.61. The first-order chi connectivity index (χ1) is 13.7. The standard InChI is InChI=1S/C27H29NS/c1-26(2,3)21-13-16-25-23(17-21)24(18-29-25)28-22-14-11-20(12-15-22)27(4,5)19-9-7-6-8-10-19/h6-18,28H,1-5H3. The molecule has 1 heterocycles. The van der Waals surface area contributed by atoms with Crippen molar-refractivity contribution >= 4 is 32.8 Å². The maximum Gasteiger partial charge on any atom is 0.0573 e. The van der Waals surface area contributed by atoms with E-state index in [4.69, 9.17) is 0 Å². The van der Waals surface area contributed by atoms with Crippen LogP contribution in [0.5, 0.6) is 0 Å². The van der Waals surface area contributed by atoms with Crippen molar-refractivity contribution in [3.63, 3.8) is 0 Å². The fraction of sp³-hybridized carbons (Fsp3) is 0.259. The summed E-state index contributed by atoms with van der Waals surface area (Å²) in [5.41, 5.74) is 6.46. The molecular formula is C27H29NS. The molecule has 0 aliphatic rings. The van der Waals surface area contributed by atoms with Crippen LogP contribution in [0.1, 0.15) is 51.3 Å². The Morgan fingerprint density at radius 2 is 1.31 bits per heavy atom. The molecule has 0 atom stereocenters. The predicted molar refractivity (Wildman–Crippen MR) is 129 cm³/mol. The molecule has 0 spiro atoms. The zero-order valence-corrected chi connectivity index (χ0v) is 18.7. The molecule has 0 bridgehead atoms. The molecule has 1 N–H and O–H groups in total. The van der Waals surface area contributed by atoms with Gasteiger partial charge in [-0.15, -0.1) is 11.3 Å². The summed E-state index contributed by atoms with van der Waals surface area (Å²) in [6, 6.07) is 26.4. The molecule has 0 aliphatic heterocycles. The van der Waals surface area contributed by atoms with E-state index in [1.807, 2.05) is 0 Å². The van der Waals surface area contributed by atoms with Gasteiger partial charge in [0, 0.05) is 26.6 Å². The molecule has 1 aromatic heterocycles. The topological polar surface area (TPSA) is 12.0 Å². The Bertz CT molecular complexity index is 1110. The van der Waals surface area contributed by atoms with Crippen molar-refractivity contribution in [3.8, 4) is 0 Å². The minimum absolute atomic E-state index is 0.0174. The SMILES string of the molecule is CC(C)(C)c1ccc2scc(Nc3ccc(C(C)(C)c4ccccc4)cc3)c2c1. The Morgan fingerprint density at radius 1 is 0.690 bits per heavy atom. The van der Waals surface area contributed by atoms with E-state index in [9.17, 15) is 0 Å². The van der Waals surface area contributed by atoms with Crippen LogP contribution in [-0.2, 0) is 10.8 Å². The minimum Gasteiger partial charge on any atom is -0.354 e. The summed E-state index contributed by atoms with van der Waals surface area (Å²) in [4.78, 5) is 0. The van der Waals surface area contributed by atoms with Gasteiger partial charge in [0.25, 0.3) is 0 Å². The second-order valence-electron chi connectivity index (χ2n) is 9.30. The molecule has 1 nitrogen and oxygen atoms in total. The Labute approximate surface area is 178 Å². The zero-order valence-electron chi connectivity index (χ0n) is 17.9. The van der Waals surface area contributed by atoms with E-state index < -0.39 is 0 Å². The molecule has 0 radical (unpaired) electrons. The normalized spacial score (nSPS) is 12.3. The third-order valence-corrected chi connectivity index (χ3v) is 6.78. The van der Waals surface area contributed by atoms with Crippen LogP contribution in [0.2, 0.25) is 0 Å². The van der Waals surface area contributed by atoms with Gasteiger partial charge in [-0.2, -0.15) is 0 Å². The van der Waals surface area contributed by atoms with E-state index in [0.29, 0.717) is 0 Å². The van der Waals surface area contributed by atoms with Gasteiger partial charge in [0.1, 0.15) is 0 Å². The lowest BCUT2D eigenvalue weighted by atomic mass is 9.78. The number of fused-ring (bicyclic) bond motifs is 1. The first-order valence-electron chi connectivity index (χ1n) is 10.2. The smallest absolute Gasteiger partial charge is 0.0573 e. The molecule has 4 rings (SSSR count). The van der Waals surface area contributed by atoms with Gasteiger partial charge in [-0.1, -0.05) is 83.1 Å². The van der Waals surface area contributed by atoms with E-state index in [2.05, 4.69) is 118 Å². The van der Waals surface area contributed by atoms with Crippen LogP contribution in [0, 0.1) is 0 Å². The fourth-order valence-electron chi connectivity index (χ4n) is 3.74. The Morgan fingerprint density at radius 3 is 1.97 bits per heavy atom. The lowest BCUT2D eigenvalue weighted by Gasteiger charge is -2.26. The summed E-state index contributed by atoms with van der Waals surface area (Å²) in [5.74, 6) is 0. The first kappa shape index (κ1) is 19.7. The highest BCUT2D eigenvalue weighted by Crippen LogP contribution is 2.37. The van der Waals surface area contributed by atoms with Crippen LogP contribution >= 0.6 is 11.3 Å². The van der Waals surface area contributed by atoms with Crippen LogP contribution in [0.15, 0.2) is 78.2 Å². The number of anilines is 2. The lowest BCUT2D eigenvalue weighted by Crippen LogP contribution is -2.18. The molecule has 0 saturated heterocycles. The van der Waals surface area contributed by atoms with Crippen molar-refractivity contribution in [2.75, 3.05) is 5.32 Å². The molecule has 3 aromatic carbocycles. The Kier molecular flexibility index (Phi) is 5.00. The van der Waals surface area contributed by atoms with Gasteiger partial charge < -0.3 is 5.32 Å². The lowest BCUT2D eigenvalue weighted by molar-refractivity contribution is 0.591. The maximum atomic E-state index is 3.63. The van der Waals surface area contributed by atoms with E-state index in [1.165, 1.54) is 32.5 Å². The van der Waals surface area contributed by atoms with Crippen molar-refractivity contribution in [1.82, 2.24) is 0 Å². The number of hydrogen-bond donors (Lipinski definition) is 1. The number of nitrogens with one attached hydrogen (secondary N) is 1. The second-order valence-corrected chi connectivity index (χ2v) is 10.2.